The molecule has 2 aromatic carbocycles. The quantitative estimate of drug-likeness (QED) is 0.847. The molecule has 0 spiro atoms. The highest BCUT2D eigenvalue weighted by Crippen LogP contribution is 2.26. The minimum absolute atomic E-state index is 0.265. The van der Waals surface area contributed by atoms with Crippen molar-refractivity contribution < 1.29 is 4.74 Å². The van der Waals surface area contributed by atoms with Gasteiger partial charge in [0.2, 0.25) is 0 Å². The van der Waals surface area contributed by atoms with Crippen molar-refractivity contribution in [2.24, 2.45) is 4.99 Å². The summed E-state index contributed by atoms with van der Waals surface area (Å²) in [6.07, 6.45) is 4.25. The lowest BCUT2D eigenvalue weighted by Crippen LogP contribution is -2.36. The predicted molar refractivity (Wildman–Crippen MR) is 95.4 cm³/mol. The molecule has 1 aliphatic rings. The third-order valence-corrected chi connectivity index (χ3v) is 4.21. The molecule has 23 heavy (non-hydrogen) atoms. The predicted octanol–water partition coefficient (Wildman–Crippen LogP) is 4.00. The van der Waals surface area contributed by atoms with Crippen LogP contribution >= 0.6 is 0 Å². The van der Waals surface area contributed by atoms with Gasteiger partial charge in [-0.25, -0.2) is 0 Å². The summed E-state index contributed by atoms with van der Waals surface area (Å²) in [7, 11) is 0. The van der Waals surface area contributed by atoms with E-state index in [0.29, 0.717) is 12.6 Å². The van der Waals surface area contributed by atoms with Gasteiger partial charge in [0.05, 0.1) is 18.7 Å². The summed E-state index contributed by atoms with van der Waals surface area (Å²) in [5.41, 5.74) is 2.36. The van der Waals surface area contributed by atoms with E-state index in [0.717, 1.165) is 24.3 Å². The van der Waals surface area contributed by atoms with E-state index in [4.69, 9.17) is 9.73 Å². The van der Waals surface area contributed by atoms with Crippen molar-refractivity contribution in [2.75, 3.05) is 13.2 Å². The van der Waals surface area contributed by atoms with Crippen LogP contribution in [0.3, 0.4) is 0 Å². The second kappa shape index (κ2) is 7.93. The Morgan fingerprint density at radius 3 is 2.74 bits per heavy atom. The lowest BCUT2D eigenvalue weighted by molar-refractivity contribution is 0.339. The Hall–Kier alpha value is -2.13. The van der Waals surface area contributed by atoms with E-state index in [-0.39, 0.29) is 6.04 Å². The largest absolute Gasteiger partial charge is 0.493 e. The zero-order chi connectivity index (χ0) is 15.9. The van der Waals surface area contributed by atoms with Gasteiger partial charge in [0.1, 0.15) is 5.75 Å². The Morgan fingerprint density at radius 1 is 1.13 bits per heavy atom. The fourth-order valence-electron chi connectivity index (χ4n) is 3.08. The third-order valence-electron chi connectivity index (χ3n) is 4.21. The topological polar surface area (TPSA) is 33.6 Å². The normalized spacial score (nSPS) is 21.4. The zero-order valence-electron chi connectivity index (χ0n) is 13.6. The Morgan fingerprint density at radius 2 is 1.91 bits per heavy atom. The van der Waals surface area contributed by atoms with E-state index in [9.17, 15) is 0 Å². The highest BCUT2D eigenvalue weighted by molar-refractivity contribution is 5.83. The number of para-hydroxylation sites is 1. The first-order valence-electron chi connectivity index (χ1n) is 8.42. The molecule has 1 aliphatic heterocycles. The minimum atomic E-state index is 0.265. The fourth-order valence-corrected chi connectivity index (χ4v) is 3.08. The van der Waals surface area contributed by atoms with E-state index < -0.39 is 0 Å². The summed E-state index contributed by atoms with van der Waals surface area (Å²) in [6.45, 7) is 3.73. The number of benzene rings is 2. The summed E-state index contributed by atoms with van der Waals surface area (Å²) in [5, 5.41) is 3.62. The van der Waals surface area contributed by atoms with Gasteiger partial charge in [0, 0.05) is 11.8 Å². The molecule has 0 amide bonds. The molecular weight excluding hydrogens is 284 g/mol. The van der Waals surface area contributed by atoms with Crippen molar-refractivity contribution in [3.8, 4) is 5.75 Å². The summed E-state index contributed by atoms with van der Waals surface area (Å²) < 4.78 is 5.68. The van der Waals surface area contributed by atoms with Crippen LogP contribution in [0.2, 0.25) is 0 Å². The van der Waals surface area contributed by atoms with Gasteiger partial charge >= 0.3 is 0 Å². The zero-order valence-corrected chi connectivity index (χ0v) is 13.6. The molecule has 1 fully saturated rings. The van der Waals surface area contributed by atoms with Crippen molar-refractivity contribution >= 4 is 6.21 Å². The highest BCUT2D eigenvalue weighted by atomic mass is 16.5. The maximum atomic E-state index is 5.68. The lowest BCUT2D eigenvalue weighted by atomic mass is 9.93. The highest BCUT2D eigenvalue weighted by Gasteiger charge is 2.25. The standard InChI is InChI=1S/C20H24N2O/c1-2-23-19-13-7-6-11-17(19)15-22-18-12-8-14-21-20(18)16-9-4-3-5-10-16/h3-7,9-11,13,15,18,20-21H,2,8,12,14H2,1H3/t18-,20-/m0/s1. The monoisotopic (exact) mass is 308 g/mol. The molecule has 3 nitrogen and oxygen atoms in total. The molecule has 3 heteroatoms. The van der Waals surface area contributed by atoms with Crippen LogP contribution in [0.1, 0.15) is 36.9 Å². The first-order chi connectivity index (χ1) is 11.4. The molecule has 3 rings (SSSR count). The number of aliphatic imine (C=N–C) groups is 1. The van der Waals surface area contributed by atoms with Crippen molar-refractivity contribution in [1.29, 1.82) is 0 Å². The average Bonchev–Trinajstić information content (AvgIpc) is 2.62. The molecule has 2 atom stereocenters. The molecule has 0 saturated carbocycles. The van der Waals surface area contributed by atoms with Crippen molar-refractivity contribution in [1.82, 2.24) is 5.32 Å². The van der Waals surface area contributed by atoms with Gasteiger partial charge in [-0.3, -0.25) is 4.99 Å². The van der Waals surface area contributed by atoms with E-state index in [1.807, 2.05) is 31.3 Å². The fraction of sp³-hybridized carbons (Fsp3) is 0.350. The van der Waals surface area contributed by atoms with Gasteiger partial charge in [-0.2, -0.15) is 0 Å². The molecule has 0 bridgehead atoms. The van der Waals surface area contributed by atoms with Crippen LogP contribution in [0, 0.1) is 0 Å². The molecule has 120 valence electrons. The SMILES string of the molecule is CCOc1ccccc1C=N[C@H]1CCCN[C@H]1c1ccccc1. The van der Waals surface area contributed by atoms with Gasteiger partial charge in [-0.05, 0) is 44.0 Å². The molecule has 1 heterocycles. The molecule has 2 aromatic rings. The van der Waals surface area contributed by atoms with Crippen molar-refractivity contribution in [2.45, 2.75) is 31.8 Å². The summed E-state index contributed by atoms with van der Waals surface area (Å²) >= 11 is 0. The minimum Gasteiger partial charge on any atom is -0.493 e. The maximum absolute atomic E-state index is 5.68. The maximum Gasteiger partial charge on any atom is 0.128 e. The average molecular weight is 308 g/mol. The third kappa shape index (κ3) is 3.99. The first-order valence-corrected chi connectivity index (χ1v) is 8.42. The molecule has 0 radical (unpaired) electrons. The van der Waals surface area contributed by atoms with Crippen LogP contribution in [-0.2, 0) is 0 Å². The number of piperidine rings is 1. The van der Waals surface area contributed by atoms with E-state index in [1.165, 1.54) is 12.0 Å². The van der Waals surface area contributed by atoms with Crippen molar-refractivity contribution in [3.63, 3.8) is 0 Å². The number of ether oxygens (including phenoxy) is 1. The Kier molecular flexibility index (Phi) is 5.43. The molecule has 1 N–H and O–H groups in total. The van der Waals surface area contributed by atoms with Crippen LogP contribution in [0.4, 0.5) is 0 Å². The summed E-state index contributed by atoms with van der Waals surface area (Å²) in [4.78, 5) is 4.89. The van der Waals surface area contributed by atoms with Gasteiger partial charge in [-0.1, -0.05) is 42.5 Å². The van der Waals surface area contributed by atoms with Crippen molar-refractivity contribution in [3.05, 3.63) is 65.7 Å². The van der Waals surface area contributed by atoms with E-state index in [2.05, 4.69) is 41.7 Å². The number of rotatable bonds is 5. The van der Waals surface area contributed by atoms with Crippen LogP contribution in [0.5, 0.6) is 5.75 Å². The second-order valence-electron chi connectivity index (χ2n) is 5.80. The lowest BCUT2D eigenvalue weighted by Gasteiger charge is -2.30. The Labute approximate surface area is 138 Å². The first kappa shape index (κ1) is 15.8. The summed E-state index contributed by atoms with van der Waals surface area (Å²) in [5.74, 6) is 0.902. The molecule has 0 aromatic heterocycles. The molecule has 0 unspecified atom stereocenters. The van der Waals surface area contributed by atoms with Crippen LogP contribution in [-0.4, -0.2) is 25.4 Å². The number of hydrogen-bond donors (Lipinski definition) is 1. The van der Waals surface area contributed by atoms with Crippen LogP contribution in [0.25, 0.3) is 0 Å². The number of nitrogens with zero attached hydrogens (tertiary/aromatic N) is 1. The number of nitrogens with one attached hydrogen (secondary N) is 1. The number of hydrogen-bond acceptors (Lipinski definition) is 3. The van der Waals surface area contributed by atoms with Crippen LogP contribution < -0.4 is 10.1 Å². The van der Waals surface area contributed by atoms with Gasteiger partial charge in [-0.15, -0.1) is 0 Å². The van der Waals surface area contributed by atoms with E-state index >= 15 is 0 Å². The Balaban J connectivity index is 1.79. The smallest absolute Gasteiger partial charge is 0.128 e. The summed E-state index contributed by atoms with van der Waals surface area (Å²) in [6, 6.07) is 19.2. The van der Waals surface area contributed by atoms with Crippen LogP contribution in [0.15, 0.2) is 59.6 Å². The van der Waals surface area contributed by atoms with E-state index in [1.54, 1.807) is 0 Å². The molecular formula is C20H24N2O. The Bertz CT molecular complexity index is 639. The molecule has 1 saturated heterocycles. The second-order valence-corrected chi connectivity index (χ2v) is 5.80. The molecule has 0 aliphatic carbocycles. The van der Waals surface area contributed by atoms with Gasteiger partial charge < -0.3 is 10.1 Å². The van der Waals surface area contributed by atoms with Gasteiger partial charge in [0.15, 0.2) is 0 Å². The van der Waals surface area contributed by atoms with Gasteiger partial charge in [0.25, 0.3) is 0 Å².